The highest BCUT2D eigenvalue weighted by Crippen LogP contribution is 2.24. The molecule has 1 aromatic carbocycles. The minimum Gasteiger partial charge on any atom is -0.370 e. The predicted octanol–water partition coefficient (Wildman–Crippen LogP) is 3.95. The van der Waals surface area contributed by atoms with Gasteiger partial charge < -0.3 is 4.74 Å². The highest BCUT2D eigenvalue weighted by atomic mass is 16.5. The maximum absolute atomic E-state index is 5.99. The van der Waals surface area contributed by atoms with Crippen LogP contribution in [-0.2, 0) is 11.3 Å². The molecule has 0 spiro atoms. The van der Waals surface area contributed by atoms with Gasteiger partial charge in [-0.1, -0.05) is 36.4 Å². The molecule has 0 bridgehead atoms. The lowest BCUT2D eigenvalue weighted by molar-refractivity contribution is -0.0457. The Morgan fingerprint density at radius 2 is 2.12 bits per heavy atom. The van der Waals surface area contributed by atoms with Gasteiger partial charge in [-0.05, 0) is 25.3 Å². The molecule has 0 heterocycles. The molecule has 1 nitrogen and oxygen atoms in total. The Balaban J connectivity index is 2.55. The van der Waals surface area contributed by atoms with Crippen molar-refractivity contribution in [3.63, 3.8) is 0 Å². The second-order valence-corrected chi connectivity index (χ2v) is 4.42. The van der Waals surface area contributed by atoms with Gasteiger partial charge in [-0.15, -0.1) is 18.9 Å². The van der Waals surface area contributed by atoms with E-state index >= 15 is 0 Å². The van der Waals surface area contributed by atoms with Gasteiger partial charge in [-0.25, -0.2) is 0 Å². The molecule has 0 saturated carbocycles. The molecule has 0 aliphatic carbocycles. The van der Waals surface area contributed by atoms with Gasteiger partial charge in [0, 0.05) is 6.42 Å². The quantitative estimate of drug-likeness (QED) is 0.507. The van der Waals surface area contributed by atoms with Gasteiger partial charge in [-0.3, -0.25) is 0 Å². The molecule has 17 heavy (non-hydrogen) atoms. The van der Waals surface area contributed by atoms with Crippen molar-refractivity contribution in [2.24, 2.45) is 0 Å². The molecule has 0 amide bonds. The maximum atomic E-state index is 5.99. The van der Waals surface area contributed by atoms with Crippen LogP contribution in [0.2, 0.25) is 0 Å². The van der Waals surface area contributed by atoms with E-state index < -0.39 is 0 Å². The van der Waals surface area contributed by atoms with Crippen molar-refractivity contribution in [3.8, 4) is 12.3 Å². The number of rotatable bonds is 7. The van der Waals surface area contributed by atoms with Crippen LogP contribution in [0.15, 0.2) is 43.0 Å². The van der Waals surface area contributed by atoms with Crippen molar-refractivity contribution in [1.29, 1.82) is 0 Å². The van der Waals surface area contributed by atoms with E-state index in [1.54, 1.807) is 0 Å². The van der Waals surface area contributed by atoms with Crippen molar-refractivity contribution < 1.29 is 4.74 Å². The first-order valence-corrected chi connectivity index (χ1v) is 5.92. The van der Waals surface area contributed by atoms with E-state index in [2.05, 4.69) is 31.6 Å². The topological polar surface area (TPSA) is 9.23 Å². The molecule has 0 saturated heterocycles. The minimum absolute atomic E-state index is 0.204. The molecule has 1 rings (SSSR count). The lowest BCUT2D eigenvalue weighted by Gasteiger charge is -2.28. The Morgan fingerprint density at radius 3 is 2.71 bits per heavy atom. The van der Waals surface area contributed by atoms with Gasteiger partial charge in [-0.2, -0.15) is 0 Å². The molecule has 90 valence electrons. The molecule has 1 atom stereocenters. The number of terminal acetylenes is 1. The van der Waals surface area contributed by atoms with E-state index in [-0.39, 0.29) is 5.60 Å². The fourth-order valence-electron chi connectivity index (χ4n) is 1.71. The highest BCUT2D eigenvalue weighted by Gasteiger charge is 2.22. The van der Waals surface area contributed by atoms with E-state index in [1.807, 2.05) is 24.3 Å². The van der Waals surface area contributed by atoms with Gasteiger partial charge in [0.2, 0.25) is 0 Å². The van der Waals surface area contributed by atoms with Gasteiger partial charge in [0.25, 0.3) is 0 Å². The molecule has 0 unspecified atom stereocenters. The van der Waals surface area contributed by atoms with Gasteiger partial charge in [0.05, 0.1) is 12.2 Å². The third-order valence-corrected chi connectivity index (χ3v) is 2.80. The number of hydrogen-bond acceptors (Lipinski definition) is 1. The summed E-state index contributed by atoms with van der Waals surface area (Å²) >= 11 is 0. The molecule has 0 radical (unpaired) electrons. The lowest BCUT2D eigenvalue weighted by atomic mass is 9.96. The largest absolute Gasteiger partial charge is 0.370 e. The Hall–Kier alpha value is -1.52. The van der Waals surface area contributed by atoms with Crippen LogP contribution in [0.5, 0.6) is 0 Å². The second kappa shape index (κ2) is 6.93. The third-order valence-electron chi connectivity index (χ3n) is 2.80. The summed E-state index contributed by atoms with van der Waals surface area (Å²) in [7, 11) is 0. The molecule has 0 aromatic heterocycles. The number of ether oxygens (including phenoxy) is 1. The zero-order valence-corrected chi connectivity index (χ0v) is 10.5. The van der Waals surface area contributed by atoms with Gasteiger partial charge in [0.15, 0.2) is 0 Å². The van der Waals surface area contributed by atoms with Crippen LogP contribution in [0.3, 0.4) is 0 Å². The average Bonchev–Trinajstić information content (AvgIpc) is 2.36. The van der Waals surface area contributed by atoms with E-state index in [4.69, 9.17) is 11.2 Å². The smallest absolute Gasteiger partial charge is 0.0724 e. The SMILES string of the molecule is C#CCC[C@](C)(CC=C)OCc1ccccc1. The van der Waals surface area contributed by atoms with Crippen molar-refractivity contribution in [2.75, 3.05) is 0 Å². The minimum atomic E-state index is -0.204. The van der Waals surface area contributed by atoms with Crippen LogP contribution in [0.1, 0.15) is 31.7 Å². The Kier molecular flexibility index (Phi) is 5.52. The van der Waals surface area contributed by atoms with E-state index in [1.165, 1.54) is 5.56 Å². The molecule has 0 aliphatic rings. The molecule has 0 aliphatic heterocycles. The summed E-state index contributed by atoms with van der Waals surface area (Å²) in [4.78, 5) is 0. The predicted molar refractivity (Wildman–Crippen MR) is 72.5 cm³/mol. The van der Waals surface area contributed by atoms with Crippen LogP contribution in [0, 0.1) is 12.3 Å². The van der Waals surface area contributed by atoms with Crippen LogP contribution < -0.4 is 0 Å². The van der Waals surface area contributed by atoms with Crippen LogP contribution in [-0.4, -0.2) is 5.60 Å². The number of hydrogen-bond donors (Lipinski definition) is 0. The van der Waals surface area contributed by atoms with Crippen LogP contribution >= 0.6 is 0 Å². The van der Waals surface area contributed by atoms with E-state index in [9.17, 15) is 0 Å². The normalized spacial score (nSPS) is 13.6. The second-order valence-electron chi connectivity index (χ2n) is 4.42. The van der Waals surface area contributed by atoms with Crippen LogP contribution in [0.4, 0.5) is 0 Å². The lowest BCUT2D eigenvalue weighted by Crippen LogP contribution is -2.27. The fourth-order valence-corrected chi connectivity index (χ4v) is 1.71. The summed E-state index contributed by atoms with van der Waals surface area (Å²) in [5.74, 6) is 2.67. The van der Waals surface area contributed by atoms with Crippen molar-refractivity contribution in [3.05, 3.63) is 48.6 Å². The van der Waals surface area contributed by atoms with Gasteiger partial charge in [0.1, 0.15) is 0 Å². The molecule has 0 N–H and O–H groups in total. The molecular weight excluding hydrogens is 208 g/mol. The first-order valence-electron chi connectivity index (χ1n) is 5.92. The third kappa shape index (κ3) is 4.89. The van der Waals surface area contributed by atoms with Gasteiger partial charge >= 0.3 is 0 Å². The Morgan fingerprint density at radius 1 is 1.41 bits per heavy atom. The van der Waals surface area contributed by atoms with Crippen molar-refractivity contribution in [1.82, 2.24) is 0 Å². The molecule has 1 heteroatoms. The monoisotopic (exact) mass is 228 g/mol. The number of benzene rings is 1. The summed E-state index contributed by atoms with van der Waals surface area (Å²) in [5, 5.41) is 0. The highest BCUT2D eigenvalue weighted by molar-refractivity contribution is 5.13. The molecular formula is C16H20O. The maximum Gasteiger partial charge on any atom is 0.0724 e. The molecule has 0 fully saturated rings. The first kappa shape index (κ1) is 13.5. The first-order chi connectivity index (χ1) is 8.20. The fraction of sp³-hybridized carbons (Fsp3) is 0.375. The van der Waals surface area contributed by atoms with Crippen LogP contribution in [0.25, 0.3) is 0 Å². The average molecular weight is 228 g/mol. The Bertz CT molecular complexity index is 374. The Labute approximate surface area is 105 Å². The van der Waals surface area contributed by atoms with E-state index in [0.717, 1.165) is 19.3 Å². The van der Waals surface area contributed by atoms with E-state index in [0.29, 0.717) is 6.61 Å². The zero-order chi connectivity index (χ0) is 12.6. The molecule has 1 aromatic rings. The summed E-state index contributed by atoms with van der Waals surface area (Å²) in [6.07, 6.45) is 9.62. The van der Waals surface area contributed by atoms with Crippen molar-refractivity contribution >= 4 is 0 Å². The standard InChI is InChI=1S/C16H20O/c1-4-6-13-16(3,12-5-2)17-14-15-10-8-7-9-11-15/h1,5,7-11H,2,6,12-14H2,3H3/t16-/m0/s1. The van der Waals surface area contributed by atoms with Crippen molar-refractivity contribution in [2.45, 2.75) is 38.4 Å². The zero-order valence-electron chi connectivity index (χ0n) is 10.5. The summed E-state index contributed by atoms with van der Waals surface area (Å²) in [6, 6.07) is 10.2. The summed E-state index contributed by atoms with van der Waals surface area (Å²) in [5.41, 5.74) is 0.979. The summed E-state index contributed by atoms with van der Waals surface area (Å²) < 4.78 is 5.99. The summed E-state index contributed by atoms with van der Waals surface area (Å²) in [6.45, 7) is 6.49.